The predicted molar refractivity (Wildman–Crippen MR) is 87.3 cm³/mol. The number of aromatic hydroxyl groups is 1. The number of benzene rings is 2. The molecule has 108 valence electrons. The topological polar surface area (TPSA) is 20.2 Å². The Balaban J connectivity index is 1.79. The Bertz CT molecular complexity index is 530. The van der Waals surface area contributed by atoms with Gasteiger partial charge in [-0.15, -0.1) is 0 Å². The van der Waals surface area contributed by atoms with E-state index in [1.165, 1.54) is 50.5 Å². The Morgan fingerprint density at radius 2 is 1.60 bits per heavy atom. The van der Waals surface area contributed by atoms with Crippen LogP contribution in [0.1, 0.15) is 57.4 Å². The molecule has 0 atom stereocenters. The Morgan fingerprint density at radius 1 is 0.850 bits per heavy atom. The molecule has 2 rings (SSSR count). The van der Waals surface area contributed by atoms with E-state index in [0.717, 1.165) is 17.2 Å². The van der Waals surface area contributed by atoms with Gasteiger partial charge in [0.05, 0.1) is 0 Å². The monoisotopic (exact) mass is 270 g/mol. The van der Waals surface area contributed by atoms with Crippen molar-refractivity contribution in [3.05, 3.63) is 42.0 Å². The Labute approximate surface area is 122 Å². The van der Waals surface area contributed by atoms with E-state index in [4.69, 9.17) is 0 Å². The summed E-state index contributed by atoms with van der Waals surface area (Å²) in [5.74, 6) is 0.380. The lowest BCUT2D eigenvalue weighted by Crippen LogP contribution is -1.87. The van der Waals surface area contributed by atoms with Gasteiger partial charge < -0.3 is 5.11 Å². The fourth-order valence-corrected chi connectivity index (χ4v) is 2.76. The zero-order valence-corrected chi connectivity index (χ0v) is 12.6. The molecule has 0 saturated heterocycles. The summed E-state index contributed by atoms with van der Waals surface area (Å²) in [5, 5.41) is 11.9. The molecule has 0 radical (unpaired) electrons. The van der Waals surface area contributed by atoms with Crippen LogP contribution in [0.3, 0.4) is 0 Å². The van der Waals surface area contributed by atoms with E-state index in [9.17, 15) is 5.11 Å². The normalized spacial score (nSPS) is 11.1. The molecule has 1 nitrogen and oxygen atoms in total. The van der Waals surface area contributed by atoms with Crippen molar-refractivity contribution in [3.8, 4) is 5.75 Å². The number of fused-ring (bicyclic) bond motifs is 1. The van der Waals surface area contributed by atoms with Crippen LogP contribution in [0.5, 0.6) is 5.75 Å². The first-order valence-electron chi connectivity index (χ1n) is 8.02. The van der Waals surface area contributed by atoms with E-state index in [1.807, 2.05) is 12.1 Å². The van der Waals surface area contributed by atoms with Gasteiger partial charge in [0.2, 0.25) is 0 Å². The van der Waals surface area contributed by atoms with Gasteiger partial charge in [-0.25, -0.2) is 0 Å². The molecule has 0 heterocycles. The highest BCUT2D eigenvalue weighted by atomic mass is 16.3. The maximum Gasteiger partial charge on any atom is 0.123 e. The van der Waals surface area contributed by atoms with Gasteiger partial charge in [0.1, 0.15) is 5.75 Å². The van der Waals surface area contributed by atoms with E-state index >= 15 is 0 Å². The fourth-order valence-electron chi connectivity index (χ4n) is 2.76. The average molecular weight is 270 g/mol. The van der Waals surface area contributed by atoms with Gasteiger partial charge in [0.25, 0.3) is 0 Å². The van der Waals surface area contributed by atoms with Crippen molar-refractivity contribution < 1.29 is 5.11 Å². The third kappa shape index (κ3) is 4.26. The van der Waals surface area contributed by atoms with E-state index in [2.05, 4.69) is 25.1 Å². The first-order valence-corrected chi connectivity index (χ1v) is 8.02. The minimum absolute atomic E-state index is 0.380. The maximum absolute atomic E-state index is 9.78. The first-order chi connectivity index (χ1) is 9.81. The number of rotatable bonds is 8. The summed E-state index contributed by atoms with van der Waals surface area (Å²) in [5.41, 5.74) is 1.39. The summed E-state index contributed by atoms with van der Waals surface area (Å²) in [6, 6.07) is 12.1. The number of phenols is 1. The fraction of sp³-hybridized carbons (Fsp3) is 0.474. The van der Waals surface area contributed by atoms with Crippen molar-refractivity contribution in [2.45, 2.75) is 58.3 Å². The molecule has 2 aromatic carbocycles. The third-order valence-corrected chi connectivity index (χ3v) is 3.99. The largest absolute Gasteiger partial charge is 0.507 e. The van der Waals surface area contributed by atoms with Crippen molar-refractivity contribution in [1.29, 1.82) is 0 Å². The molecule has 0 aliphatic carbocycles. The summed E-state index contributed by atoms with van der Waals surface area (Å²) in [4.78, 5) is 0. The van der Waals surface area contributed by atoms with Crippen LogP contribution in [0.2, 0.25) is 0 Å². The molecule has 0 aliphatic heterocycles. The number of hydrogen-bond acceptors (Lipinski definition) is 1. The van der Waals surface area contributed by atoms with E-state index in [0.29, 0.717) is 5.75 Å². The van der Waals surface area contributed by atoms with Crippen LogP contribution in [0, 0.1) is 0 Å². The van der Waals surface area contributed by atoms with Gasteiger partial charge in [-0.05, 0) is 29.9 Å². The molecular formula is C19H26O. The van der Waals surface area contributed by atoms with Gasteiger partial charge in [-0.1, -0.05) is 75.8 Å². The number of unbranched alkanes of at least 4 members (excludes halogenated alkanes) is 6. The predicted octanol–water partition coefficient (Wildman–Crippen LogP) is 5.84. The molecule has 1 N–H and O–H groups in total. The van der Waals surface area contributed by atoms with E-state index in [1.54, 1.807) is 6.07 Å². The minimum atomic E-state index is 0.380. The molecule has 20 heavy (non-hydrogen) atoms. The zero-order chi connectivity index (χ0) is 14.2. The SMILES string of the molecule is CCCCCCCCCc1ccc2c(O)cccc2c1. The van der Waals surface area contributed by atoms with Gasteiger partial charge >= 0.3 is 0 Å². The second-order valence-electron chi connectivity index (χ2n) is 5.70. The highest BCUT2D eigenvalue weighted by molar-refractivity contribution is 5.88. The molecule has 1 heteroatoms. The highest BCUT2D eigenvalue weighted by Gasteiger charge is 2.00. The van der Waals surface area contributed by atoms with Crippen LogP contribution in [-0.2, 0) is 6.42 Å². The summed E-state index contributed by atoms with van der Waals surface area (Å²) < 4.78 is 0. The molecule has 0 aliphatic rings. The quantitative estimate of drug-likeness (QED) is 0.597. The second-order valence-corrected chi connectivity index (χ2v) is 5.70. The molecule has 0 fully saturated rings. The van der Waals surface area contributed by atoms with Crippen LogP contribution >= 0.6 is 0 Å². The summed E-state index contributed by atoms with van der Waals surface area (Å²) in [6.07, 6.45) is 10.6. The van der Waals surface area contributed by atoms with Crippen molar-refractivity contribution in [2.24, 2.45) is 0 Å². The maximum atomic E-state index is 9.78. The Kier molecular flexibility index (Phi) is 5.91. The summed E-state index contributed by atoms with van der Waals surface area (Å²) >= 11 is 0. The van der Waals surface area contributed by atoms with Crippen LogP contribution in [-0.4, -0.2) is 5.11 Å². The zero-order valence-electron chi connectivity index (χ0n) is 12.6. The standard InChI is InChI=1S/C19H26O/c1-2-3-4-5-6-7-8-10-16-13-14-18-17(15-16)11-9-12-19(18)20/h9,11-15,20H,2-8,10H2,1H3. The van der Waals surface area contributed by atoms with Crippen molar-refractivity contribution in [1.82, 2.24) is 0 Å². The lowest BCUT2D eigenvalue weighted by atomic mass is 10.0. The van der Waals surface area contributed by atoms with Gasteiger partial charge in [0.15, 0.2) is 0 Å². The minimum Gasteiger partial charge on any atom is -0.507 e. The van der Waals surface area contributed by atoms with Gasteiger partial charge in [0, 0.05) is 5.39 Å². The Morgan fingerprint density at radius 3 is 2.40 bits per heavy atom. The number of phenolic OH excluding ortho intramolecular Hbond substituents is 1. The first kappa shape index (κ1) is 14.9. The van der Waals surface area contributed by atoms with Crippen LogP contribution < -0.4 is 0 Å². The van der Waals surface area contributed by atoms with Crippen molar-refractivity contribution in [3.63, 3.8) is 0 Å². The lowest BCUT2D eigenvalue weighted by molar-refractivity contribution is 0.481. The molecule has 0 unspecified atom stereocenters. The molecule has 2 aromatic rings. The molecular weight excluding hydrogens is 244 g/mol. The third-order valence-electron chi connectivity index (χ3n) is 3.99. The van der Waals surface area contributed by atoms with Crippen LogP contribution in [0.4, 0.5) is 0 Å². The van der Waals surface area contributed by atoms with Crippen LogP contribution in [0.25, 0.3) is 10.8 Å². The van der Waals surface area contributed by atoms with Crippen molar-refractivity contribution in [2.75, 3.05) is 0 Å². The second kappa shape index (κ2) is 7.94. The molecule has 0 bridgehead atoms. The average Bonchev–Trinajstić information content (AvgIpc) is 2.46. The van der Waals surface area contributed by atoms with Crippen LogP contribution in [0.15, 0.2) is 36.4 Å². The molecule has 0 saturated carbocycles. The Hall–Kier alpha value is -1.50. The number of aryl methyl sites for hydroxylation is 1. The smallest absolute Gasteiger partial charge is 0.123 e. The lowest BCUT2D eigenvalue weighted by Gasteiger charge is -2.05. The molecule has 0 spiro atoms. The van der Waals surface area contributed by atoms with E-state index in [-0.39, 0.29) is 0 Å². The number of hydrogen-bond donors (Lipinski definition) is 1. The summed E-state index contributed by atoms with van der Waals surface area (Å²) in [6.45, 7) is 2.26. The summed E-state index contributed by atoms with van der Waals surface area (Å²) in [7, 11) is 0. The van der Waals surface area contributed by atoms with Gasteiger partial charge in [-0.2, -0.15) is 0 Å². The highest BCUT2D eigenvalue weighted by Crippen LogP contribution is 2.25. The molecule has 0 aromatic heterocycles. The van der Waals surface area contributed by atoms with Crippen molar-refractivity contribution >= 4 is 10.8 Å². The van der Waals surface area contributed by atoms with Gasteiger partial charge in [-0.3, -0.25) is 0 Å². The van der Waals surface area contributed by atoms with E-state index < -0.39 is 0 Å². The molecule has 0 amide bonds.